The largest absolute Gasteiger partial charge is 0.383 e. The summed E-state index contributed by atoms with van der Waals surface area (Å²) in [6.45, 7) is 0.528. The minimum absolute atomic E-state index is 0.118. The Morgan fingerprint density at radius 1 is 1.45 bits per heavy atom. The van der Waals surface area contributed by atoms with Gasteiger partial charge in [0.1, 0.15) is 6.10 Å². The molecular formula is C14H13ClN2O2S. The molecule has 3 rings (SSSR count). The zero-order valence-corrected chi connectivity index (χ0v) is 12.3. The van der Waals surface area contributed by atoms with E-state index in [9.17, 15) is 9.90 Å². The SMILES string of the molecule is CN1Cc2cc(C(O)c3sccc3Cl)ccc2NC1=O. The number of aliphatic hydroxyl groups is 1. The van der Waals surface area contributed by atoms with Crippen molar-refractivity contribution < 1.29 is 9.90 Å². The Labute approximate surface area is 125 Å². The third-order valence-electron chi connectivity index (χ3n) is 3.33. The molecule has 104 valence electrons. The molecule has 6 heteroatoms. The predicted octanol–water partition coefficient (Wildman–Crippen LogP) is 3.46. The van der Waals surface area contributed by atoms with Crippen molar-refractivity contribution in [3.05, 3.63) is 50.7 Å². The average molecular weight is 309 g/mol. The van der Waals surface area contributed by atoms with E-state index >= 15 is 0 Å². The van der Waals surface area contributed by atoms with Gasteiger partial charge in [0.15, 0.2) is 0 Å². The number of amides is 2. The molecule has 1 aliphatic heterocycles. The highest BCUT2D eigenvalue weighted by molar-refractivity contribution is 7.10. The van der Waals surface area contributed by atoms with Crippen molar-refractivity contribution >= 4 is 34.7 Å². The summed E-state index contributed by atoms with van der Waals surface area (Å²) in [4.78, 5) is 13.9. The zero-order chi connectivity index (χ0) is 14.3. The molecule has 1 aromatic heterocycles. The highest BCUT2D eigenvalue weighted by Gasteiger charge is 2.22. The van der Waals surface area contributed by atoms with Crippen LogP contribution in [0.25, 0.3) is 0 Å². The van der Waals surface area contributed by atoms with Crippen LogP contribution in [0, 0.1) is 0 Å². The number of fused-ring (bicyclic) bond motifs is 1. The molecule has 2 aromatic rings. The Bertz CT molecular complexity index is 671. The number of hydrogen-bond donors (Lipinski definition) is 2. The first-order valence-electron chi connectivity index (χ1n) is 6.12. The Balaban J connectivity index is 1.95. The first kappa shape index (κ1) is 13.4. The normalized spacial score (nSPS) is 15.8. The first-order valence-corrected chi connectivity index (χ1v) is 7.38. The summed E-state index contributed by atoms with van der Waals surface area (Å²) in [5, 5.41) is 15.6. The van der Waals surface area contributed by atoms with E-state index in [4.69, 9.17) is 11.6 Å². The lowest BCUT2D eigenvalue weighted by Gasteiger charge is -2.26. The number of hydrogen-bond acceptors (Lipinski definition) is 3. The second-order valence-electron chi connectivity index (χ2n) is 4.74. The van der Waals surface area contributed by atoms with Crippen molar-refractivity contribution in [3.63, 3.8) is 0 Å². The summed E-state index contributed by atoms with van der Waals surface area (Å²) in [6.07, 6.45) is -0.740. The van der Waals surface area contributed by atoms with Crippen molar-refractivity contribution in [2.45, 2.75) is 12.6 Å². The van der Waals surface area contributed by atoms with E-state index in [1.807, 2.05) is 23.6 Å². The molecular weight excluding hydrogens is 296 g/mol. The van der Waals surface area contributed by atoms with E-state index in [0.29, 0.717) is 11.6 Å². The number of rotatable bonds is 2. The van der Waals surface area contributed by atoms with E-state index in [0.717, 1.165) is 21.7 Å². The van der Waals surface area contributed by atoms with Gasteiger partial charge in [-0.05, 0) is 34.7 Å². The van der Waals surface area contributed by atoms with Gasteiger partial charge in [-0.15, -0.1) is 11.3 Å². The van der Waals surface area contributed by atoms with E-state index in [-0.39, 0.29) is 6.03 Å². The molecule has 0 saturated carbocycles. The number of carbonyl (C=O) groups is 1. The molecule has 0 aliphatic carbocycles. The van der Waals surface area contributed by atoms with Crippen LogP contribution in [0.4, 0.5) is 10.5 Å². The summed E-state index contributed by atoms with van der Waals surface area (Å²) >= 11 is 7.48. The Morgan fingerprint density at radius 2 is 2.25 bits per heavy atom. The molecule has 2 heterocycles. The second kappa shape index (κ2) is 5.09. The fraction of sp³-hybridized carbons (Fsp3) is 0.214. The Morgan fingerprint density at radius 3 is 2.95 bits per heavy atom. The molecule has 0 radical (unpaired) electrons. The van der Waals surface area contributed by atoms with Crippen molar-refractivity contribution in [3.8, 4) is 0 Å². The molecule has 20 heavy (non-hydrogen) atoms. The lowest BCUT2D eigenvalue weighted by Crippen LogP contribution is -2.35. The van der Waals surface area contributed by atoms with Crippen molar-refractivity contribution in [1.29, 1.82) is 0 Å². The molecule has 2 N–H and O–H groups in total. The number of thiophene rings is 1. The standard InChI is InChI=1S/C14H13ClN2O2S/c1-17-7-9-6-8(2-3-11(9)16-14(17)19)12(18)13-10(15)4-5-20-13/h2-6,12,18H,7H2,1H3,(H,16,19). The molecule has 1 aromatic carbocycles. The van der Waals surface area contributed by atoms with Crippen LogP contribution in [0.5, 0.6) is 0 Å². The molecule has 0 fully saturated rings. The quantitative estimate of drug-likeness (QED) is 0.892. The third-order valence-corrected chi connectivity index (χ3v) is 4.74. The molecule has 1 unspecified atom stereocenters. The highest BCUT2D eigenvalue weighted by Crippen LogP contribution is 2.34. The smallest absolute Gasteiger partial charge is 0.321 e. The van der Waals surface area contributed by atoms with E-state index in [2.05, 4.69) is 5.32 Å². The summed E-state index contributed by atoms with van der Waals surface area (Å²) in [7, 11) is 1.73. The summed E-state index contributed by atoms with van der Waals surface area (Å²) in [5.74, 6) is 0. The van der Waals surface area contributed by atoms with Crippen molar-refractivity contribution in [1.82, 2.24) is 4.90 Å². The molecule has 1 aliphatic rings. The number of urea groups is 1. The molecule has 1 atom stereocenters. The van der Waals surface area contributed by atoms with Gasteiger partial charge in [-0.25, -0.2) is 4.79 Å². The van der Waals surface area contributed by atoms with Crippen LogP contribution >= 0.6 is 22.9 Å². The van der Waals surface area contributed by atoms with Crippen molar-refractivity contribution in [2.24, 2.45) is 0 Å². The van der Waals surface area contributed by atoms with Gasteiger partial charge in [-0.1, -0.05) is 17.7 Å². The second-order valence-corrected chi connectivity index (χ2v) is 6.09. The van der Waals surface area contributed by atoms with Crippen LogP contribution in [0.3, 0.4) is 0 Å². The predicted molar refractivity (Wildman–Crippen MR) is 80.3 cm³/mol. The first-order chi connectivity index (χ1) is 9.56. The maximum absolute atomic E-state index is 11.6. The number of nitrogens with one attached hydrogen (secondary N) is 1. The van der Waals surface area contributed by atoms with Gasteiger partial charge in [0.05, 0.1) is 9.90 Å². The Hall–Kier alpha value is -1.56. The van der Waals surface area contributed by atoms with Crippen LogP contribution in [0.2, 0.25) is 5.02 Å². The van der Waals surface area contributed by atoms with Crippen LogP contribution < -0.4 is 5.32 Å². The number of halogens is 1. The number of anilines is 1. The fourth-order valence-electron chi connectivity index (χ4n) is 2.23. The van der Waals surface area contributed by atoms with Crippen LogP contribution in [-0.2, 0) is 6.54 Å². The molecule has 0 bridgehead atoms. The van der Waals surface area contributed by atoms with Crippen LogP contribution in [0.1, 0.15) is 22.1 Å². The maximum Gasteiger partial charge on any atom is 0.321 e. The monoisotopic (exact) mass is 308 g/mol. The van der Waals surface area contributed by atoms with E-state index in [1.54, 1.807) is 18.0 Å². The average Bonchev–Trinajstić information content (AvgIpc) is 2.85. The molecule has 0 spiro atoms. The number of benzene rings is 1. The number of nitrogens with zero attached hydrogens (tertiary/aromatic N) is 1. The van der Waals surface area contributed by atoms with Gasteiger partial charge in [0.2, 0.25) is 0 Å². The van der Waals surface area contributed by atoms with Gasteiger partial charge in [0.25, 0.3) is 0 Å². The van der Waals surface area contributed by atoms with Gasteiger partial charge in [-0.3, -0.25) is 0 Å². The van der Waals surface area contributed by atoms with E-state index < -0.39 is 6.10 Å². The molecule has 2 amide bonds. The minimum atomic E-state index is -0.740. The van der Waals surface area contributed by atoms with Crippen LogP contribution in [-0.4, -0.2) is 23.1 Å². The highest BCUT2D eigenvalue weighted by atomic mass is 35.5. The summed E-state index contributed by atoms with van der Waals surface area (Å²) in [6, 6.07) is 7.20. The van der Waals surface area contributed by atoms with Gasteiger partial charge < -0.3 is 15.3 Å². The van der Waals surface area contributed by atoms with Gasteiger partial charge in [-0.2, -0.15) is 0 Å². The number of aliphatic hydroxyl groups excluding tert-OH is 1. The summed E-state index contributed by atoms with van der Waals surface area (Å²) < 4.78 is 0. The van der Waals surface area contributed by atoms with E-state index in [1.165, 1.54) is 11.3 Å². The minimum Gasteiger partial charge on any atom is -0.383 e. The zero-order valence-electron chi connectivity index (χ0n) is 10.8. The van der Waals surface area contributed by atoms with Crippen molar-refractivity contribution in [2.75, 3.05) is 12.4 Å². The molecule has 0 saturated heterocycles. The van der Waals surface area contributed by atoms with Gasteiger partial charge >= 0.3 is 6.03 Å². The maximum atomic E-state index is 11.6. The lowest BCUT2D eigenvalue weighted by molar-refractivity contribution is 0.217. The Kier molecular flexibility index (Phi) is 3.41. The van der Waals surface area contributed by atoms with Gasteiger partial charge in [0, 0.05) is 19.3 Å². The lowest BCUT2D eigenvalue weighted by atomic mass is 10.0. The topological polar surface area (TPSA) is 52.6 Å². The fourth-order valence-corrected chi connectivity index (χ4v) is 3.40. The van der Waals surface area contributed by atoms with Crippen LogP contribution in [0.15, 0.2) is 29.6 Å². The third kappa shape index (κ3) is 2.28. The summed E-state index contributed by atoms with van der Waals surface area (Å²) in [5.41, 5.74) is 2.55. The molecule has 4 nitrogen and oxygen atoms in total. The number of carbonyl (C=O) groups excluding carboxylic acids is 1.